The Morgan fingerprint density at radius 2 is 1.58 bits per heavy atom. The first kappa shape index (κ1) is 31.5. The molecule has 0 aliphatic carbocycles. The fourth-order valence-corrected chi connectivity index (χ4v) is 4.87. The molecule has 1 aromatic rings. The minimum Gasteiger partial charge on any atom is -0.469 e. The van der Waals surface area contributed by atoms with E-state index in [4.69, 9.17) is 23.5 Å². The van der Waals surface area contributed by atoms with Crippen LogP contribution in [0.2, 0.25) is 0 Å². The second-order valence-corrected chi connectivity index (χ2v) is 11.2. The van der Waals surface area contributed by atoms with Gasteiger partial charge in [-0.05, 0) is 59.1 Å². The van der Waals surface area contributed by atoms with Gasteiger partial charge in [0.1, 0.15) is 19.8 Å². The number of benzene rings is 1. The maximum atomic E-state index is 12.9. The summed E-state index contributed by atoms with van der Waals surface area (Å²) in [5.74, 6) is -2.55. The van der Waals surface area contributed by atoms with Gasteiger partial charge >= 0.3 is 17.9 Å². The Morgan fingerprint density at radius 3 is 2.11 bits per heavy atom. The number of rotatable bonds is 15. The topological polar surface area (TPSA) is 142 Å². The SMILES string of the molecule is CCC(CC(C)(CC(C)(C)C(=O)OC)C(=O)OCCO)C(=O)OCCOS(=O)(=O)c1ccc(C)cc1. The van der Waals surface area contributed by atoms with Crippen LogP contribution in [0, 0.1) is 23.7 Å². The molecule has 204 valence electrons. The second kappa shape index (κ2) is 13.7. The van der Waals surface area contributed by atoms with Gasteiger partial charge in [-0.25, -0.2) is 0 Å². The number of aryl methyl sites for hydroxylation is 1. The molecule has 0 amide bonds. The molecule has 10 nitrogen and oxygen atoms in total. The van der Waals surface area contributed by atoms with Crippen molar-refractivity contribution in [1.29, 1.82) is 0 Å². The van der Waals surface area contributed by atoms with Crippen LogP contribution in [0.3, 0.4) is 0 Å². The van der Waals surface area contributed by atoms with Crippen LogP contribution in [-0.2, 0) is 42.9 Å². The first-order chi connectivity index (χ1) is 16.7. The van der Waals surface area contributed by atoms with E-state index in [1.165, 1.54) is 19.2 Å². The maximum Gasteiger partial charge on any atom is 0.311 e. The predicted molar refractivity (Wildman–Crippen MR) is 130 cm³/mol. The summed E-state index contributed by atoms with van der Waals surface area (Å²) in [5, 5.41) is 9.04. The summed E-state index contributed by atoms with van der Waals surface area (Å²) in [6, 6.07) is 6.14. The maximum absolute atomic E-state index is 12.9. The predicted octanol–water partition coefficient (Wildman–Crippen LogP) is 2.79. The van der Waals surface area contributed by atoms with Gasteiger partial charge < -0.3 is 19.3 Å². The number of carbonyl (C=O) groups excluding carboxylic acids is 3. The average molecular weight is 531 g/mol. The van der Waals surface area contributed by atoms with Crippen molar-refractivity contribution in [2.45, 2.75) is 58.8 Å². The van der Waals surface area contributed by atoms with Gasteiger partial charge in [0.2, 0.25) is 0 Å². The quantitative estimate of drug-likeness (QED) is 0.156. The Kier molecular flexibility index (Phi) is 12.0. The molecule has 2 atom stereocenters. The molecule has 0 aliphatic rings. The Bertz CT molecular complexity index is 985. The summed E-state index contributed by atoms with van der Waals surface area (Å²) in [6.07, 6.45) is 0.358. The molecular weight excluding hydrogens is 492 g/mol. The van der Waals surface area contributed by atoms with E-state index in [2.05, 4.69) is 0 Å². The molecule has 2 unspecified atom stereocenters. The van der Waals surface area contributed by atoms with Crippen molar-refractivity contribution in [1.82, 2.24) is 0 Å². The number of methoxy groups -OCH3 is 1. The monoisotopic (exact) mass is 530 g/mol. The zero-order valence-corrected chi connectivity index (χ0v) is 22.7. The number of ether oxygens (including phenoxy) is 3. The number of hydrogen-bond acceptors (Lipinski definition) is 10. The van der Waals surface area contributed by atoms with E-state index < -0.39 is 44.8 Å². The highest BCUT2D eigenvalue weighted by Gasteiger charge is 2.46. The minimum atomic E-state index is -4.00. The van der Waals surface area contributed by atoms with Crippen LogP contribution in [0.1, 0.15) is 52.5 Å². The van der Waals surface area contributed by atoms with Crippen molar-refractivity contribution in [3.8, 4) is 0 Å². The molecule has 0 aromatic heterocycles. The van der Waals surface area contributed by atoms with Gasteiger partial charge in [-0.15, -0.1) is 0 Å². The highest BCUT2D eigenvalue weighted by molar-refractivity contribution is 7.86. The summed E-state index contributed by atoms with van der Waals surface area (Å²) in [7, 11) is -2.75. The standard InChI is InChI=1S/C25H38O10S/c1-7-19(16-25(5,23(29)34-13-12-26)17-24(3,4)22(28)32-6)21(27)33-14-15-35-36(30,31)20-10-8-18(2)9-11-20/h8-11,19,26H,7,12-17H2,1-6H3. The van der Waals surface area contributed by atoms with Crippen molar-refractivity contribution in [2.24, 2.45) is 16.7 Å². The molecule has 0 bridgehead atoms. The number of carbonyl (C=O) groups is 3. The van der Waals surface area contributed by atoms with Crippen LogP contribution in [0.25, 0.3) is 0 Å². The zero-order chi connectivity index (χ0) is 27.6. The number of esters is 3. The van der Waals surface area contributed by atoms with Crippen LogP contribution < -0.4 is 0 Å². The molecular formula is C25H38O10S. The van der Waals surface area contributed by atoms with Crippen molar-refractivity contribution in [2.75, 3.05) is 33.5 Å². The van der Waals surface area contributed by atoms with Crippen molar-refractivity contribution in [3.63, 3.8) is 0 Å². The van der Waals surface area contributed by atoms with Gasteiger partial charge in [-0.2, -0.15) is 8.42 Å². The molecule has 0 radical (unpaired) electrons. The summed E-state index contributed by atoms with van der Waals surface area (Å²) in [4.78, 5) is 37.9. The number of hydrogen-bond donors (Lipinski definition) is 1. The Labute approximate surface area is 213 Å². The fourth-order valence-electron chi connectivity index (χ4n) is 3.98. The van der Waals surface area contributed by atoms with Gasteiger partial charge in [-0.1, -0.05) is 24.6 Å². The van der Waals surface area contributed by atoms with Gasteiger partial charge in [0.25, 0.3) is 10.1 Å². The third-order valence-electron chi connectivity index (χ3n) is 5.79. The van der Waals surface area contributed by atoms with Gasteiger partial charge in [0.15, 0.2) is 0 Å². The van der Waals surface area contributed by atoms with E-state index in [1.807, 2.05) is 6.92 Å². The first-order valence-electron chi connectivity index (χ1n) is 11.7. The molecule has 0 spiro atoms. The molecule has 0 aliphatic heterocycles. The Hall–Kier alpha value is -2.50. The van der Waals surface area contributed by atoms with E-state index in [0.29, 0.717) is 6.42 Å². The summed E-state index contributed by atoms with van der Waals surface area (Å²) in [6.45, 7) is 7.15. The van der Waals surface area contributed by atoms with Crippen LogP contribution in [-0.4, -0.2) is 65.0 Å². The molecule has 1 rings (SSSR count). The van der Waals surface area contributed by atoms with Crippen molar-refractivity contribution in [3.05, 3.63) is 29.8 Å². The smallest absolute Gasteiger partial charge is 0.311 e. The third kappa shape index (κ3) is 9.18. The van der Waals surface area contributed by atoms with Gasteiger partial charge in [0, 0.05) is 0 Å². The van der Waals surface area contributed by atoms with Crippen molar-refractivity contribution < 1.29 is 46.3 Å². The Morgan fingerprint density at radius 1 is 0.972 bits per heavy atom. The van der Waals surface area contributed by atoms with E-state index in [9.17, 15) is 22.8 Å². The summed E-state index contributed by atoms with van der Waals surface area (Å²) < 4.78 is 44.7. The fraction of sp³-hybridized carbons (Fsp3) is 0.640. The lowest BCUT2D eigenvalue weighted by Gasteiger charge is -2.35. The highest BCUT2D eigenvalue weighted by Crippen LogP contribution is 2.41. The molecule has 0 saturated heterocycles. The summed E-state index contributed by atoms with van der Waals surface area (Å²) >= 11 is 0. The highest BCUT2D eigenvalue weighted by atomic mass is 32.2. The van der Waals surface area contributed by atoms with Gasteiger partial charge in [-0.3, -0.25) is 18.6 Å². The largest absolute Gasteiger partial charge is 0.469 e. The molecule has 0 fully saturated rings. The minimum absolute atomic E-state index is 0.00348. The van der Waals surface area contributed by atoms with E-state index in [1.54, 1.807) is 39.8 Å². The molecule has 11 heteroatoms. The van der Waals surface area contributed by atoms with Crippen molar-refractivity contribution >= 4 is 28.0 Å². The van der Waals surface area contributed by atoms with Crippen LogP contribution in [0.15, 0.2) is 29.2 Å². The van der Waals surface area contributed by atoms with Gasteiger partial charge in [0.05, 0.1) is 35.4 Å². The molecule has 1 N–H and O–H groups in total. The normalized spacial score (nSPS) is 14.4. The van der Waals surface area contributed by atoms with Crippen LogP contribution >= 0.6 is 0 Å². The second-order valence-electron chi connectivity index (χ2n) is 9.54. The number of aliphatic hydroxyl groups is 1. The molecule has 1 aromatic carbocycles. The molecule has 36 heavy (non-hydrogen) atoms. The average Bonchev–Trinajstić information content (AvgIpc) is 2.82. The summed E-state index contributed by atoms with van der Waals surface area (Å²) in [5.41, 5.74) is -1.42. The lowest BCUT2D eigenvalue weighted by Crippen LogP contribution is -2.41. The number of aliphatic hydroxyl groups excluding tert-OH is 1. The molecule has 0 saturated carbocycles. The van der Waals surface area contributed by atoms with E-state index >= 15 is 0 Å². The Balaban J connectivity index is 2.86. The van der Waals surface area contributed by atoms with E-state index in [-0.39, 0.29) is 44.2 Å². The zero-order valence-electron chi connectivity index (χ0n) is 21.9. The third-order valence-corrected chi connectivity index (χ3v) is 7.11. The first-order valence-corrected chi connectivity index (χ1v) is 13.1. The van der Waals surface area contributed by atoms with Crippen LogP contribution in [0.4, 0.5) is 0 Å². The lowest BCUT2D eigenvalue weighted by molar-refractivity contribution is -0.165. The lowest BCUT2D eigenvalue weighted by atomic mass is 9.69. The van der Waals surface area contributed by atoms with Crippen LogP contribution in [0.5, 0.6) is 0 Å². The van der Waals surface area contributed by atoms with E-state index in [0.717, 1.165) is 5.56 Å². The molecule has 0 heterocycles.